The number of fused-ring (bicyclic) bond motifs is 1. The summed E-state index contributed by atoms with van der Waals surface area (Å²) < 4.78 is 39.6. The number of aromatic nitrogens is 4. The van der Waals surface area contributed by atoms with Gasteiger partial charge in [0.2, 0.25) is 0 Å². The summed E-state index contributed by atoms with van der Waals surface area (Å²) in [5.41, 5.74) is 0.0159. The molecule has 8 heteroatoms. The maximum atomic E-state index is 13.1. The van der Waals surface area contributed by atoms with Crippen LogP contribution in [-0.4, -0.2) is 19.9 Å². The standard InChI is InChI=1S/C12H6BrF3N4/c13-6-1-2-7(8(3-6)12(14,15)16)10-19-9-4-17-5-18-11(9)20-10/h1-5H,(H,17,18,19,20). The molecule has 20 heavy (non-hydrogen) atoms. The molecule has 0 bridgehead atoms. The Kier molecular flexibility index (Phi) is 2.97. The van der Waals surface area contributed by atoms with Gasteiger partial charge in [0.05, 0.1) is 11.8 Å². The van der Waals surface area contributed by atoms with Gasteiger partial charge in [-0.1, -0.05) is 15.9 Å². The van der Waals surface area contributed by atoms with E-state index < -0.39 is 11.7 Å². The predicted molar refractivity (Wildman–Crippen MR) is 69.8 cm³/mol. The van der Waals surface area contributed by atoms with Crippen LogP contribution in [0.4, 0.5) is 13.2 Å². The SMILES string of the molecule is FC(F)(F)c1cc(Br)ccc1-c1nc2ncncc2[nH]1. The van der Waals surface area contributed by atoms with E-state index in [0.29, 0.717) is 15.6 Å². The molecule has 3 aromatic rings. The van der Waals surface area contributed by atoms with Crippen molar-refractivity contribution in [3.05, 3.63) is 40.8 Å². The van der Waals surface area contributed by atoms with Crippen molar-refractivity contribution in [2.24, 2.45) is 0 Å². The van der Waals surface area contributed by atoms with E-state index in [1.807, 2.05) is 0 Å². The zero-order valence-electron chi connectivity index (χ0n) is 9.74. The number of imidazole rings is 1. The van der Waals surface area contributed by atoms with Crippen LogP contribution in [0, 0.1) is 0 Å². The van der Waals surface area contributed by atoms with Crippen LogP contribution >= 0.6 is 15.9 Å². The molecule has 3 rings (SSSR count). The molecular formula is C12H6BrF3N4. The van der Waals surface area contributed by atoms with Crippen molar-refractivity contribution < 1.29 is 13.2 Å². The lowest BCUT2D eigenvalue weighted by atomic mass is 10.1. The van der Waals surface area contributed by atoms with Gasteiger partial charge in [-0.15, -0.1) is 0 Å². The fraction of sp³-hybridized carbons (Fsp3) is 0.0833. The largest absolute Gasteiger partial charge is 0.417 e. The Labute approximate surface area is 119 Å². The minimum atomic E-state index is -4.47. The molecule has 102 valence electrons. The Bertz CT molecular complexity index is 749. The van der Waals surface area contributed by atoms with Crippen LogP contribution in [0.2, 0.25) is 0 Å². The van der Waals surface area contributed by atoms with E-state index in [9.17, 15) is 13.2 Å². The molecule has 0 unspecified atom stereocenters. The summed E-state index contributed by atoms with van der Waals surface area (Å²) >= 11 is 3.04. The average molecular weight is 343 g/mol. The van der Waals surface area contributed by atoms with Crippen LogP contribution in [0.15, 0.2) is 35.2 Å². The molecule has 0 spiro atoms. The number of benzene rings is 1. The average Bonchev–Trinajstić information content (AvgIpc) is 2.81. The van der Waals surface area contributed by atoms with Gasteiger partial charge < -0.3 is 4.98 Å². The molecule has 0 aliphatic rings. The summed E-state index contributed by atoms with van der Waals surface area (Å²) in [5, 5.41) is 0. The van der Waals surface area contributed by atoms with Crippen LogP contribution in [0.3, 0.4) is 0 Å². The van der Waals surface area contributed by atoms with Crippen LogP contribution in [0.25, 0.3) is 22.6 Å². The zero-order valence-corrected chi connectivity index (χ0v) is 11.3. The minimum Gasteiger partial charge on any atom is -0.335 e. The van der Waals surface area contributed by atoms with Gasteiger partial charge in [0.25, 0.3) is 0 Å². The van der Waals surface area contributed by atoms with Gasteiger partial charge in [-0.05, 0) is 18.2 Å². The first-order valence-electron chi connectivity index (χ1n) is 5.48. The molecule has 4 nitrogen and oxygen atoms in total. The van der Waals surface area contributed by atoms with E-state index in [1.54, 1.807) is 0 Å². The molecule has 0 saturated heterocycles. The van der Waals surface area contributed by atoms with E-state index in [2.05, 4.69) is 35.9 Å². The highest BCUT2D eigenvalue weighted by molar-refractivity contribution is 9.10. The lowest BCUT2D eigenvalue weighted by molar-refractivity contribution is -0.137. The molecule has 0 saturated carbocycles. The molecule has 1 N–H and O–H groups in total. The lowest BCUT2D eigenvalue weighted by Gasteiger charge is -2.11. The molecule has 0 atom stereocenters. The van der Waals surface area contributed by atoms with Crippen molar-refractivity contribution in [1.29, 1.82) is 0 Å². The number of alkyl halides is 3. The summed E-state index contributed by atoms with van der Waals surface area (Å²) in [6.45, 7) is 0. The van der Waals surface area contributed by atoms with Gasteiger partial charge in [0, 0.05) is 10.0 Å². The Morgan fingerprint density at radius 2 is 2.00 bits per heavy atom. The van der Waals surface area contributed by atoms with Crippen molar-refractivity contribution in [2.45, 2.75) is 6.18 Å². The number of nitrogens with zero attached hydrogens (tertiary/aromatic N) is 3. The van der Waals surface area contributed by atoms with E-state index in [1.165, 1.54) is 24.7 Å². The maximum absolute atomic E-state index is 13.1. The second-order valence-corrected chi connectivity index (χ2v) is 4.95. The molecule has 0 fully saturated rings. The molecule has 0 aliphatic heterocycles. The summed E-state index contributed by atoms with van der Waals surface area (Å²) in [4.78, 5) is 14.5. The Morgan fingerprint density at radius 1 is 1.20 bits per heavy atom. The summed E-state index contributed by atoms with van der Waals surface area (Å²) in [5.74, 6) is 0.111. The van der Waals surface area contributed by atoms with E-state index in [0.717, 1.165) is 6.07 Å². The number of H-pyrrole nitrogens is 1. The number of hydrogen-bond acceptors (Lipinski definition) is 3. The Morgan fingerprint density at radius 3 is 2.70 bits per heavy atom. The van der Waals surface area contributed by atoms with Gasteiger partial charge in [-0.3, -0.25) is 0 Å². The molecule has 0 amide bonds. The van der Waals surface area contributed by atoms with Crippen molar-refractivity contribution in [3.63, 3.8) is 0 Å². The smallest absolute Gasteiger partial charge is 0.335 e. The van der Waals surface area contributed by atoms with Gasteiger partial charge in [-0.25, -0.2) is 15.0 Å². The highest BCUT2D eigenvalue weighted by atomic mass is 79.9. The number of aromatic amines is 1. The first kappa shape index (κ1) is 13.0. The molecule has 2 heterocycles. The monoisotopic (exact) mass is 342 g/mol. The van der Waals surface area contributed by atoms with E-state index >= 15 is 0 Å². The first-order chi connectivity index (χ1) is 9.45. The summed E-state index contributed by atoms with van der Waals surface area (Å²) in [6, 6.07) is 3.91. The van der Waals surface area contributed by atoms with E-state index in [-0.39, 0.29) is 11.4 Å². The van der Waals surface area contributed by atoms with Gasteiger partial charge in [0.1, 0.15) is 17.7 Å². The number of rotatable bonds is 1. The van der Waals surface area contributed by atoms with Crippen molar-refractivity contribution in [2.75, 3.05) is 0 Å². The third kappa shape index (κ3) is 2.26. The zero-order chi connectivity index (χ0) is 14.3. The van der Waals surface area contributed by atoms with Gasteiger partial charge >= 0.3 is 6.18 Å². The Hall–Kier alpha value is -1.96. The van der Waals surface area contributed by atoms with Crippen LogP contribution in [0.5, 0.6) is 0 Å². The fourth-order valence-corrected chi connectivity index (χ4v) is 2.21. The molecule has 1 aromatic carbocycles. The van der Waals surface area contributed by atoms with Crippen LogP contribution in [-0.2, 0) is 6.18 Å². The maximum Gasteiger partial charge on any atom is 0.417 e. The second kappa shape index (κ2) is 4.55. The predicted octanol–water partition coefficient (Wildman–Crippen LogP) is 3.80. The van der Waals surface area contributed by atoms with Gasteiger partial charge in [-0.2, -0.15) is 13.2 Å². The number of hydrogen-bond donors (Lipinski definition) is 1. The summed E-state index contributed by atoms with van der Waals surface area (Å²) in [6.07, 6.45) is -1.71. The molecule has 0 radical (unpaired) electrons. The number of halogens is 4. The minimum absolute atomic E-state index is 0.0290. The third-order valence-electron chi connectivity index (χ3n) is 2.70. The fourth-order valence-electron chi connectivity index (χ4n) is 1.85. The highest BCUT2D eigenvalue weighted by Crippen LogP contribution is 2.37. The van der Waals surface area contributed by atoms with Crippen molar-refractivity contribution in [3.8, 4) is 11.4 Å². The molecule has 2 aromatic heterocycles. The van der Waals surface area contributed by atoms with Crippen molar-refractivity contribution >= 4 is 27.1 Å². The van der Waals surface area contributed by atoms with Crippen LogP contribution in [0.1, 0.15) is 5.56 Å². The van der Waals surface area contributed by atoms with Crippen molar-refractivity contribution in [1.82, 2.24) is 19.9 Å². The number of nitrogens with one attached hydrogen (secondary N) is 1. The van der Waals surface area contributed by atoms with E-state index in [4.69, 9.17) is 0 Å². The quantitative estimate of drug-likeness (QED) is 0.731. The lowest BCUT2D eigenvalue weighted by Crippen LogP contribution is -2.07. The topological polar surface area (TPSA) is 54.5 Å². The first-order valence-corrected chi connectivity index (χ1v) is 6.27. The molecular weight excluding hydrogens is 337 g/mol. The Balaban J connectivity index is 2.23. The highest BCUT2D eigenvalue weighted by Gasteiger charge is 2.34. The van der Waals surface area contributed by atoms with Gasteiger partial charge in [0.15, 0.2) is 5.65 Å². The summed E-state index contributed by atoms with van der Waals surface area (Å²) in [7, 11) is 0. The van der Waals surface area contributed by atoms with Crippen LogP contribution < -0.4 is 0 Å². The normalized spacial score (nSPS) is 12.0. The second-order valence-electron chi connectivity index (χ2n) is 4.03. The molecule has 0 aliphatic carbocycles. The third-order valence-corrected chi connectivity index (χ3v) is 3.20.